The van der Waals surface area contributed by atoms with Crippen LogP contribution in [0.2, 0.25) is 0 Å². The molecule has 4 nitrogen and oxygen atoms in total. The lowest BCUT2D eigenvalue weighted by molar-refractivity contribution is 0.0519. The van der Waals surface area contributed by atoms with Crippen molar-refractivity contribution in [1.29, 1.82) is 0 Å². The quantitative estimate of drug-likeness (QED) is 0.823. The number of carbonyl (C=O) groups excluding carboxylic acids is 1. The molecular weight excluding hydrogens is 292 g/mol. The highest BCUT2D eigenvalue weighted by molar-refractivity contribution is 7.15. The van der Waals surface area contributed by atoms with E-state index in [-0.39, 0.29) is 5.97 Å². The summed E-state index contributed by atoms with van der Waals surface area (Å²) in [5.41, 5.74) is 1.78. The van der Waals surface area contributed by atoms with Gasteiger partial charge in [0.05, 0.1) is 13.2 Å². The molecule has 2 heterocycles. The Morgan fingerprint density at radius 2 is 2.25 bits per heavy atom. The van der Waals surface area contributed by atoms with Crippen molar-refractivity contribution < 1.29 is 9.53 Å². The van der Waals surface area contributed by atoms with Crippen molar-refractivity contribution in [1.82, 2.24) is 4.98 Å². The molecule has 2 rings (SSSR count). The maximum atomic E-state index is 11.7. The van der Waals surface area contributed by atoms with Gasteiger partial charge in [-0.1, -0.05) is 6.92 Å². The Hall–Kier alpha value is -1.40. The normalized spacial score (nSPS) is 10.6. The number of anilines is 1. The van der Waals surface area contributed by atoms with Gasteiger partial charge in [-0.2, -0.15) is 0 Å². The zero-order valence-corrected chi connectivity index (χ0v) is 13.5. The van der Waals surface area contributed by atoms with Crippen LogP contribution in [-0.4, -0.2) is 17.6 Å². The number of aromatic nitrogens is 1. The molecule has 0 unspecified atom stereocenters. The van der Waals surface area contributed by atoms with Gasteiger partial charge in [-0.3, -0.25) is 0 Å². The highest BCUT2D eigenvalue weighted by atomic mass is 32.1. The minimum atomic E-state index is -0.348. The van der Waals surface area contributed by atoms with Crippen molar-refractivity contribution in [2.75, 3.05) is 11.9 Å². The van der Waals surface area contributed by atoms with E-state index in [1.165, 1.54) is 21.8 Å². The summed E-state index contributed by atoms with van der Waals surface area (Å²) in [7, 11) is 0. The summed E-state index contributed by atoms with van der Waals surface area (Å²) in [5, 5.41) is 6.16. The molecule has 0 aliphatic carbocycles. The second-order valence-corrected chi connectivity index (χ2v) is 6.42. The maximum absolute atomic E-state index is 11.7. The van der Waals surface area contributed by atoms with Crippen LogP contribution in [0.3, 0.4) is 0 Å². The van der Waals surface area contributed by atoms with Crippen LogP contribution in [0.5, 0.6) is 0 Å². The molecule has 0 radical (unpaired) electrons. The fourth-order valence-electron chi connectivity index (χ4n) is 1.85. The van der Waals surface area contributed by atoms with Gasteiger partial charge in [0.25, 0.3) is 0 Å². The lowest BCUT2D eigenvalue weighted by Gasteiger charge is -2.02. The van der Waals surface area contributed by atoms with Gasteiger partial charge in [0, 0.05) is 9.75 Å². The molecule has 0 aromatic carbocycles. The van der Waals surface area contributed by atoms with Crippen LogP contribution < -0.4 is 5.32 Å². The van der Waals surface area contributed by atoms with Crippen molar-refractivity contribution >= 4 is 33.8 Å². The molecule has 2 aromatic heterocycles. The van der Waals surface area contributed by atoms with E-state index in [1.807, 2.05) is 6.92 Å². The lowest BCUT2D eigenvalue weighted by atomic mass is 10.2. The van der Waals surface area contributed by atoms with Crippen molar-refractivity contribution in [2.45, 2.75) is 33.7 Å². The molecule has 6 heteroatoms. The Morgan fingerprint density at radius 3 is 2.95 bits per heavy atom. The minimum Gasteiger partial charge on any atom is -0.461 e. The number of thiazole rings is 1. The topological polar surface area (TPSA) is 51.2 Å². The second-order valence-electron chi connectivity index (χ2n) is 4.22. The molecule has 0 atom stereocenters. The molecule has 0 aliphatic rings. The molecular formula is C14H18N2O2S2. The summed E-state index contributed by atoms with van der Waals surface area (Å²) in [6, 6.07) is 2.15. The molecule has 0 aliphatic heterocycles. The molecule has 1 N–H and O–H groups in total. The number of esters is 1. The van der Waals surface area contributed by atoms with Gasteiger partial charge in [-0.05, 0) is 37.3 Å². The minimum absolute atomic E-state index is 0.348. The van der Waals surface area contributed by atoms with Gasteiger partial charge in [0.15, 0.2) is 10.8 Å². The van der Waals surface area contributed by atoms with Crippen LogP contribution in [0, 0.1) is 6.92 Å². The van der Waals surface area contributed by atoms with Crippen LogP contribution in [0.1, 0.15) is 39.7 Å². The van der Waals surface area contributed by atoms with E-state index in [9.17, 15) is 4.79 Å². The number of ether oxygens (including phenoxy) is 1. The van der Waals surface area contributed by atoms with Gasteiger partial charge in [-0.25, -0.2) is 9.78 Å². The largest absolute Gasteiger partial charge is 0.461 e. The summed E-state index contributed by atoms with van der Waals surface area (Å²) in [6.45, 7) is 6.95. The first-order valence-electron chi connectivity index (χ1n) is 6.59. The Labute approximate surface area is 126 Å². The molecule has 108 valence electrons. The van der Waals surface area contributed by atoms with Crippen LogP contribution in [0.15, 0.2) is 11.4 Å². The molecule has 0 bridgehead atoms. The number of hydrogen-bond acceptors (Lipinski definition) is 6. The van der Waals surface area contributed by atoms with E-state index in [1.54, 1.807) is 18.3 Å². The summed E-state index contributed by atoms with van der Waals surface area (Å²) in [4.78, 5) is 18.2. The predicted molar refractivity (Wildman–Crippen MR) is 83.8 cm³/mol. The third-order valence-corrected chi connectivity index (χ3v) is 4.78. The molecule has 0 saturated carbocycles. The van der Waals surface area contributed by atoms with Crippen LogP contribution in [0.4, 0.5) is 5.13 Å². The van der Waals surface area contributed by atoms with Crippen molar-refractivity contribution in [3.8, 4) is 0 Å². The van der Waals surface area contributed by atoms with Crippen LogP contribution in [-0.2, 0) is 17.7 Å². The molecule has 0 saturated heterocycles. The first-order valence-corrected chi connectivity index (χ1v) is 8.29. The molecule has 0 fully saturated rings. The lowest BCUT2D eigenvalue weighted by Crippen LogP contribution is -2.07. The average molecular weight is 310 g/mol. The Balaban J connectivity index is 2.04. The number of carbonyl (C=O) groups is 1. The van der Waals surface area contributed by atoms with E-state index in [2.05, 4.69) is 28.7 Å². The fourth-order valence-corrected chi connectivity index (χ4v) is 3.57. The number of nitrogens with zero attached hydrogens (tertiary/aromatic N) is 1. The highest BCUT2D eigenvalue weighted by Gasteiger charge is 2.16. The summed E-state index contributed by atoms with van der Waals surface area (Å²) >= 11 is 3.23. The van der Waals surface area contributed by atoms with E-state index < -0.39 is 0 Å². The third kappa shape index (κ3) is 3.37. The molecule has 0 amide bonds. The third-order valence-electron chi connectivity index (χ3n) is 2.88. The average Bonchev–Trinajstić information content (AvgIpc) is 3.02. The zero-order chi connectivity index (χ0) is 14.5. The number of aryl methyl sites for hydroxylation is 2. The van der Waals surface area contributed by atoms with Gasteiger partial charge >= 0.3 is 5.97 Å². The van der Waals surface area contributed by atoms with Crippen LogP contribution in [0.25, 0.3) is 0 Å². The van der Waals surface area contributed by atoms with E-state index in [0.29, 0.717) is 12.3 Å². The Morgan fingerprint density at radius 1 is 1.45 bits per heavy atom. The highest BCUT2D eigenvalue weighted by Crippen LogP contribution is 2.25. The summed E-state index contributed by atoms with van der Waals surface area (Å²) < 4.78 is 4.99. The Kier molecular flexibility index (Phi) is 5.14. The Bertz CT molecular complexity index is 590. The van der Waals surface area contributed by atoms with E-state index >= 15 is 0 Å². The van der Waals surface area contributed by atoms with Crippen molar-refractivity contribution in [3.63, 3.8) is 0 Å². The second kappa shape index (κ2) is 6.85. The summed E-state index contributed by atoms with van der Waals surface area (Å²) in [6.07, 6.45) is 1.03. The molecule has 0 spiro atoms. The van der Waals surface area contributed by atoms with Gasteiger partial charge < -0.3 is 10.1 Å². The van der Waals surface area contributed by atoms with E-state index in [4.69, 9.17) is 4.74 Å². The first kappa shape index (κ1) is 15.0. The van der Waals surface area contributed by atoms with E-state index in [0.717, 1.165) is 23.0 Å². The monoisotopic (exact) mass is 310 g/mol. The zero-order valence-electron chi connectivity index (χ0n) is 11.9. The number of thiophene rings is 1. The first-order chi connectivity index (χ1) is 9.65. The SMILES string of the molecule is CCOC(=O)c1nc(NCc2sccc2CC)sc1C. The smallest absolute Gasteiger partial charge is 0.358 e. The molecule has 2 aromatic rings. The molecule has 20 heavy (non-hydrogen) atoms. The predicted octanol–water partition coefficient (Wildman–Crippen LogP) is 3.86. The van der Waals surface area contributed by atoms with Crippen molar-refractivity contribution in [2.24, 2.45) is 0 Å². The standard InChI is InChI=1S/C14H18N2O2S2/c1-4-10-6-7-19-11(10)8-15-14-16-12(9(3)20-14)13(17)18-5-2/h6-7H,4-5,8H2,1-3H3,(H,15,16). The van der Waals surface area contributed by atoms with Crippen LogP contribution >= 0.6 is 22.7 Å². The number of rotatable bonds is 6. The fraction of sp³-hybridized carbons (Fsp3) is 0.429. The van der Waals surface area contributed by atoms with Gasteiger partial charge in [0.1, 0.15) is 0 Å². The number of nitrogens with one attached hydrogen (secondary N) is 1. The van der Waals surface area contributed by atoms with Crippen molar-refractivity contribution in [3.05, 3.63) is 32.5 Å². The van der Waals surface area contributed by atoms with Gasteiger partial charge in [0.2, 0.25) is 0 Å². The summed E-state index contributed by atoms with van der Waals surface area (Å²) in [5.74, 6) is -0.348. The number of hydrogen-bond donors (Lipinski definition) is 1. The van der Waals surface area contributed by atoms with Gasteiger partial charge in [-0.15, -0.1) is 22.7 Å². The maximum Gasteiger partial charge on any atom is 0.358 e.